The number of hydrogen-bond acceptors (Lipinski definition) is 3. The highest BCUT2D eigenvalue weighted by Gasteiger charge is 2.31. The Morgan fingerprint density at radius 2 is 2.00 bits per heavy atom. The van der Waals surface area contributed by atoms with Crippen molar-refractivity contribution in [3.8, 4) is 0 Å². The molecule has 1 fully saturated rings. The Kier molecular flexibility index (Phi) is 3.01. The van der Waals surface area contributed by atoms with Crippen LogP contribution in [-0.4, -0.2) is 34.5 Å². The van der Waals surface area contributed by atoms with Gasteiger partial charge in [-0.05, 0) is 6.42 Å². The van der Waals surface area contributed by atoms with Crippen LogP contribution in [0.4, 0.5) is 0 Å². The minimum atomic E-state index is -1.34. The van der Waals surface area contributed by atoms with Crippen LogP contribution in [0, 0.1) is 0 Å². The lowest BCUT2D eigenvalue weighted by Gasteiger charge is -2.21. The lowest BCUT2D eigenvalue weighted by Crippen LogP contribution is -2.41. The summed E-state index contributed by atoms with van der Waals surface area (Å²) in [4.78, 5) is 24.4. The van der Waals surface area contributed by atoms with E-state index >= 15 is 0 Å². The minimum Gasteiger partial charge on any atom is -0.367 e. The van der Waals surface area contributed by atoms with Crippen LogP contribution >= 0.6 is 0 Å². The molecule has 0 spiro atoms. The average molecular weight is 219 g/mol. The number of benzene rings is 1. The molecule has 1 unspecified atom stereocenters. The largest absolute Gasteiger partial charge is 0.367 e. The van der Waals surface area contributed by atoms with Crippen LogP contribution in [0.3, 0.4) is 0 Å². The summed E-state index contributed by atoms with van der Waals surface area (Å²) in [5.41, 5.74) is 0.426. The van der Waals surface area contributed by atoms with E-state index in [-0.39, 0.29) is 5.91 Å². The van der Waals surface area contributed by atoms with Gasteiger partial charge in [-0.15, -0.1) is 0 Å². The zero-order valence-electron chi connectivity index (χ0n) is 8.80. The molecule has 2 rings (SSSR count). The summed E-state index contributed by atoms with van der Waals surface area (Å²) in [6.45, 7) is 0.457. The van der Waals surface area contributed by atoms with Crippen molar-refractivity contribution in [1.82, 2.24) is 4.90 Å². The molecule has 1 heterocycles. The molecule has 1 aromatic carbocycles. The summed E-state index contributed by atoms with van der Waals surface area (Å²) in [7, 11) is 0. The van der Waals surface area contributed by atoms with Gasteiger partial charge in [0.1, 0.15) is 0 Å². The summed E-state index contributed by atoms with van der Waals surface area (Å²) in [6.07, 6.45) is -0.214. The fourth-order valence-corrected chi connectivity index (χ4v) is 1.82. The first kappa shape index (κ1) is 10.8. The average Bonchev–Trinajstić information content (AvgIpc) is 2.75. The van der Waals surface area contributed by atoms with Gasteiger partial charge in [-0.1, -0.05) is 30.3 Å². The number of Topliss-reactive ketones (excluding diaryl/α,β-unsaturated/α-hetero) is 1. The maximum absolute atomic E-state index is 11.8. The van der Waals surface area contributed by atoms with Crippen LogP contribution in [-0.2, 0) is 4.79 Å². The van der Waals surface area contributed by atoms with Crippen molar-refractivity contribution in [2.45, 2.75) is 19.1 Å². The maximum Gasteiger partial charge on any atom is 0.225 e. The lowest BCUT2D eigenvalue weighted by atomic mass is 10.1. The molecular weight excluding hydrogens is 206 g/mol. The first-order valence-corrected chi connectivity index (χ1v) is 5.27. The molecule has 1 saturated heterocycles. The van der Waals surface area contributed by atoms with E-state index < -0.39 is 12.0 Å². The summed E-state index contributed by atoms with van der Waals surface area (Å²) in [5.74, 6) is -0.576. The van der Waals surface area contributed by atoms with E-state index in [0.29, 0.717) is 24.9 Å². The second kappa shape index (κ2) is 4.45. The number of hydrogen-bond donors (Lipinski definition) is 1. The number of likely N-dealkylation sites (tertiary alicyclic amines) is 1. The first-order valence-electron chi connectivity index (χ1n) is 5.27. The Bertz CT molecular complexity index is 402. The van der Waals surface area contributed by atoms with Gasteiger partial charge in [0.25, 0.3) is 0 Å². The molecule has 0 aromatic heterocycles. The highest BCUT2D eigenvalue weighted by atomic mass is 16.3. The smallest absolute Gasteiger partial charge is 0.225 e. The quantitative estimate of drug-likeness (QED) is 0.765. The number of carbonyl (C=O) groups excluding carboxylic acids is 2. The van der Waals surface area contributed by atoms with Gasteiger partial charge >= 0.3 is 0 Å². The molecule has 0 aliphatic carbocycles. The normalized spacial score (nSPS) is 17.6. The van der Waals surface area contributed by atoms with Crippen LogP contribution in [0.15, 0.2) is 30.3 Å². The predicted octanol–water partition coefficient (Wildman–Crippen LogP) is 0.810. The Morgan fingerprint density at radius 1 is 1.31 bits per heavy atom. The van der Waals surface area contributed by atoms with Crippen molar-refractivity contribution in [1.29, 1.82) is 0 Å². The highest BCUT2D eigenvalue weighted by molar-refractivity contribution is 6.00. The Hall–Kier alpha value is -1.68. The van der Waals surface area contributed by atoms with E-state index in [4.69, 9.17) is 0 Å². The molecule has 1 aliphatic heterocycles. The molecule has 1 amide bonds. The van der Waals surface area contributed by atoms with Gasteiger partial charge in [-0.25, -0.2) is 0 Å². The third-order valence-electron chi connectivity index (χ3n) is 2.70. The second-order valence-corrected chi connectivity index (χ2v) is 3.79. The van der Waals surface area contributed by atoms with Crippen molar-refractivity contribution in [3.63, 3.8) is 0 Å². The van der Waals surface area contributed by atoms with Gasteiger partial charge in [0.15, 0.2) is 6.23 Å². The SMILES string of the molecule is O=C(c1ccccc1)C(O)N1CCCC1=O. The van der Waals surface area contributed by atoms with Crippen molar-refractivity contribution in [3.05, 3.63) is 35.9 Å². The molecule has 4 heteroatoms. The zero-order chi connectivity index (χ0) is 11.5. The first-order chi connectivity index (χ1) is 7.70. The number of carbonyl (C=O) groups is 2. The van der Waals surface area contributed by atoms with Gasteiger partial charge in [0, 0.05) is 18.5 Å². The summed E-state index contributed by atoms with van der Waals surface area (Å²) in [5, 5.41) is 9.80. The van der Waals surface area contributed by atoms with Crippen LogP contribution in [0.1, 0.15) is 23.2 Å². The Labute approximate surface area is 93.5 Å². The molecule has 4 nitrogen and oxygen atoms in total. The van der Waals surface area contributed by atoms with E-state index in [1.165, 1.54) is 4.90 Å². The summed E-state index contributed by atoms with van der Waals surface area (Å²) in [6, 6.07) is 8.51. The Balaban J connectivity index is 2.13. The van der Waals surface area contributed by atoms with Crippen molar-refractivity contribution in [2.75, 3.05) is 6.54 Å². The fourth-order valence-electron chi connectivity index (χ4n) is 1.82. The molecule has 1 aromatic rings. The second-order valence-electron chi connectivity index (χ2n) is 3.79. The monoisotopic (exact) mass is 219 g/mol. The van der Waals surface area contributed by atoms with Gasteiger partial charge in [-0.2, -0.15) is 0 Å². The summed E-state index contributed by atoms with van der Waals surface area (Å²) >= 11 is 0. The lowest BCUT2D eigenvalue weighted by molar-refractivity contribution is -0.134. The number of ketones is 1. The number of aliphatic hydroxyl groups is 1. The molecule has 0 saturated carbocycles. The number of nitrogens with zero attached hydrogens (tertiary/aromatic N) is 1. The minimum absolute atomic E-state index is 0.156. The van der Waals surface area contributed by atoms with E-state index in [2.05, 4.69) is 0 Å². The number of aliphatic hydroxyl groups excluding tert-OH is 1. The van der Waals surface area contributed by atoms with Crippen LogP contribution in [0.2, 0.25) is 0 Å². The number of amides is 1. The molecule has 84 valence electrons. The number of rotatable bonds is 3. The topological polar surface area (TPSA) is 57.6 Å². The predicted molar refractivity (Wildman–Crippen MR) is 57.7 cm³/mol. The molecule has 1 N–H and O–H groups in total. The third kappa shape index (κ3) is 1.97. The van der Waals surface area contributed by atoms with E-state index in [0.717, 1.165) is 0 Å². The zero-order valence-corrected chi connectivity index (χ0v) is 8.80. The van der Waals surface area contributed by atoms with Crippen LogP contribution in [0.5, 0.6) is 0 Å². The standard InChI is InChI=1S/C12H13NO3/c14-10-7-4-8-13(10)12(16)11(15)9-5-2-1-3-6-9/h1-3,5-6,12,16H,4,7-8H2. The molecule has 0 radical (unpaired) electrons. The van der Waals surface area contributed by atoms with Gasteiger partial charge in [0.2, 0.25) is 11.7 Å². The molecular formula is C12H13NO3. The molecule has 1 atom stereocenters. The third-order valence-corrected chi connectivity index (χ3v) is 2.70. The Morgan fingerprint density at radius 3 is 2.56 bits per heavy atom. The fraction of sp³-hybridized carbons (Fsp3) is 0.333. The van der Waals surface area contributed by atoms with Crippen molar-refractivity contribution >= 4 is 11.7 Å². The van der Waals surface area contributed by atoms with Crippen LogP contribution in [0.25, 0.3) is 0 Å². The highest BCUT2D eigenvalue weighted by Crippen LogP contribution is 2.15. The molecule has 16 heavy (non-hydrogen) atoms. The van der Waals surface area contributed by atoms with Gasteiger partial charge in [0.05, 0.1) is 0 Å². The van der Waals surface area contributed by atoms with E-state index in [1.54, 1.807) is 30.3 Å². The maximum atomic E-state index is 11.8. The van der Waals surface area contributed by atoms with E-state index in [9.17, 15) is 14.7 Å². The van der Waals surface area contributed by atoms with E-state index in [1.807, 2.05) is 0 Å². The summed E-state index contributed by atoms with van der Waals surface area (Å²) < 4.78 is 0. The molecule has 1 aliphatic rings. The van der Waals surface area contributed by atoms with Crippen molar-refractivity contribution < 1.29 is 14.7 Å². The van der Waals surface area contributed by atoms with Gasteiger partial charge in [-0.3, -0.25) is 9.59 Å². The van der Waals surface area contributed by atoms with Crippen molar-refractivity contribution in [2.24, 2.45) is 0 Å². The van der Waals surface area contributed by atoms with Crippen LogP contribution < -0.4 is 0 Å². The molecule has 0 bridgehead atoms. The van der Waals surface area contributed by atoms with Gasteiger partial charge < -0.3 is 10.0 Å².